The van der Waals surface area contributed by atoms with Crippen molar-refractivity contribution in [2.75, 3.05) is 13.1 Å². The summed E-state index contributed by atoms with van der Waals surface area (Å²) in [4.78, 5) is 13.3. The minimum atomic E-state index is 0. The molecule has 6 nitrogen and oxygen atoms in total. The monoisotopic (exact) mass is 496 g/mol. The number of aliphatic imine (C=N–C) groups is 1. The Kier molecular flexibility index (Phi) is 8.72. The number of rotatable bonds is 8. The van der Waals surface area contributed by atoms with Crippen molar-refractivity contribution >= 4 is 29.9 Å². The normalized spacial score (nSPS) is 15.6. The molecule has 0 aliphatic heterocycles. The zero-order valence-corrected chi connectivity index (χ0v) is 19.5. The topological polar surface area (TPSA) is 67.1 Å². The number of guanidine groups is 1. The summed E-state index contributed by atoms with van der Waals surface area (Å²) in [5.41, 5.74) is 1.58. The van der Waals surface area contributed by atoms with Gasteiger partial charge in [-0.3, -0.25) is 4.57 Å². The molecule has 0 unspecified atom stereocenters. The van der Waals surface area contributed by atoms with Gasteiger partial charge in [0.25, 0.3) is 0 Å². The van der Waals surface area contributed by atoms with Gasteiger partial charge >= 0.3 is 0 Å². The van der Waals surface area contributed by atoms with Crippen molar-refractivity contribution in [1.29, 1.82) is 0 Å². The van der Waals surface area contributed by atoms with Gasteiger partial charge in [-0.05, 0) is 55.2 Å². The highest BCUT2D eigenvalue weighted by atomic mass is 127. The third kappa shape index (κ3) is 6.18. The molecule has 0 bridgehead atoms. The summed E-state index contributed by atoms with van der Waals surface area (Å²) in [5.74, 6) is 2.50. The molecule has 3 rings (SSSR count). The van der Waals surface area contributed by atoms with Crippen LogP contribution in [0.1, 0.15) is 52.0 Å². The molecule has 0 radical (unpaired) electrons. The smallest absolute Gasteiger partial charge is 0.191 e. The Morgan fingerprint density at radius 3 is 2.71 bits per heavy atom. The van der Waals surface area contributed by atoms with Crippen LogP contribution in [0.3, 0.4) is 0 Å². The number of pyridine rings is 1. The second kappa shape index (κ2) is 10.8. The zero-order valence-electron chi connectivity index (χ0n) is 17.2. The van der Waals surface area contributed by atoms with Gasteiger partial charge in [0.1, 0.15) is 12.1 Å². The van der Waals surface area contributed by atoms with Crippen molar-refractivity contribution in [2.45, 2.75) is 53.0 Å². The largest absolute Gasteiger partial charge is 0.357 e. The predicted octanol–water partition coefficient (Wildman–Crippen LogP) is 4.16. The Morgan fingerprint density at radius 2 is 2.11 bits per heavy atom. The molecule has 0 aromatic carbocycles. The van der Waals surface area contributed by atoms with E-state index in [0.29, 0.717) is 12.0 Å². The molecule has 2 aromatic rings. The fourth-order valence-corrected chi connectivity index (χ4v) is 3.87. The number of nitrogens with one attached hydrogen (secondary N) is 2. The molecule has 2 N–H and O–H groups in total. The van der Waals surface area contributed by atoms with E-state index in [9.17, 15) is 0 Å². The lowest BCUT2D eigenvalue weighted by molar-refractivity contribution is 0.104. The van der Waals surface area contributed by atoms with Crippen LogP contribution < -0.4 is 10.6 Å². The van der Waals surface area contributed by atoms with Gasteiger partial charge in [0.15, 0.2) is 5.96 Å². The molecule has 154 valence electrons. The van der Waals surface area contributed by atoms with Crippen molar-refractivity contribution < 1.29 is 0 Å². The summed E-state index contributed by atoms with van der Waals surface area (Å²) in [7, 11) is 0. The Balaban J connectivity index is 0.00000280. The lowest BCUT2D eigenvalue weighted by Gasteiger charge is -2.43. The molecular weight excluding hydrogens is 463 g/mol. The lowest BCUT2D eigenvalue weighted by Crippen LogP contribution is -2.47. The Morgan fingerprint density at radius 1 is 1.29 bits per heavy atom. The number of hydrogen-bond acceptors (Lipinski definition) is 3. The van der Waals surface area contributed by atoms with Crippen molar-refractivity contribution in [3.05, 3.63) is 42.6 Å². The molecule has 0 atom stereocenters. The number of hydrogen-bond donors (Lipinski definition) is 2. The number of halogens is 1. The minimum absolute atomic E-state index is 0. The van der Waals surface area contributed by atoms with Gasteiger partial charge in [-0.15, -0.1) is 24.0 Å². The summed E-state index contributed by atoms with van der Waals surface area (Å²) >= 11 is 0. The molecule has 2 aromatic heterocycles. The maximum absolute atomic E-state index is 4.79. The van der Waals surface area contributed by atoms with E-state index >= 15 is 0 Å². The van der Waals surface area contributed by atoms with Crippen LogP contribution in [0.15, 0.2) is 42.0 Å². The standard InChI is InChI=1S/C21H32N6.HI/c1-4-23-20(26-15-21(7-5-8-21)13-17(2)3)25-14-18-6-9-24-19(12-18)27-11-10-22-16-27;/h6,9-12,16-17H,4-5,7-8,13-15H2,1-3H3,(H2,23,25,26);1H. The second-order valence-electron chi connectivity index (χ2n) is 7.99. The van der Waals surface area contributed by atoms with E-state index in [0.717, 1.165) is 36.3 Å². The van der Waals surface area contributed by atoms with E-state index in [1.165, 1.54) is 25.7 Å². The average molecular weight is 496 g/mol. The van der Waals surface area contributed by atoms with Crippen LogP contribution in [0.2, 0.25) is 0 Å². The fraction of sp³-hybridized carbons (Fsp3) is 0.571. The van der Waals surface area contributed by atoms with Crippen molar-refractivity contribution in [3.63, 3.8) is 0 Å². The van der Waals surface area contributed by atoms with E-state index in [1.807, 2.05) is 23.0 Å². The number of aromatic nitrogens is 3. The van der Waals surface area contributed by atoms with E-state index < -0.39 is 0 Å². The Labute approximate surface area is 185 Å². The average Bonchev–Trinajstić information content (AvgIpc) is 3.16. The SMILES string of the molecule is CCNC(=NCc1ccnc(-n2ccnc2)c1)NCC1(CC(C)C)CCC1.I. The van der Waals surface area contributed by atoms with Crippen LogP contribution in [0.25, 0.3) is 5.82 Å². The first kappa shape index (κ1) is 22.6. The summed E-state index contributed by atoms with van der Waals surface area (Å²) in [5, 5.41) is 6.97. The van der Waals surface area contributed by atoms with Crippen LogP contribution in [-0.2, 0) is 6.54 Å². The van der Waals surface area contributed by atoms with Gasteiger partial charge in [0.05, 0.1) is 6.54 Å². The third-order valence-corrected chi connectivity index (χ3v) is 5.23. The predicted molar refractivity (Wildman–Crippen MR) is 125 cm³/mol. The van der Waals surface area contributed by atoms with Gasteiger partial charge in [-0.25, -0.2) is 15.0 Å². The van der Waals surface area contributed by atoms with E-state index in [1.54, 1.807) is 12.5 Å². The van der Waals surface area contributed by atoms with Gasteiger partial charge in [-0.2, -0.15) is 0 Å². The van der Waals surface area contributed by atoms with Gasteiger partial charge in [0, 0.05) is 31.7 Å². The molecule has 0 saturated heterocycles. The quantitative estimate of drug-likeness (QED) is 0.327. The van der Waals surface area contributed by atoms with Crippen molar-refractivity contribution in [3.8, 4) is 5.82 Å². The third-order valence-electron chi connectivity index (χ3n) is 5.23. The Hall–Kier alpha value is -1.64. The van der Waals surface area contributed by atoms with Gasteiger partial charge < -0.3 is 10.6 Å². The highest BCUT2D eigenvalue weighted by Gasteiger charge is 2.37. The number of nitrogens with zero attached hydrogens (tertiary/aromatic N) is 4. The molecule has 2 heterocycles. The molecule has 0 spiro atoms. The molecule has 1 aliphatic rings. The Bertz CT molecular complexity index is 737. The molecule has 1 saturated carbocycles. The van der Waals surface area contributed by atoms with Crippen LogP contribution in [-0.4, -0.2) is 33.6 Å². The minimum Gasteiger partial charge on any atom is -0.357 e. The highest BCUT2D eigenvalue weighted by molar-refractivity contribution is 14.0. The molecule has 1 aliphatic carbocycles. The summed E-state index contributed by atoms with van der Waals surface area (Å²) in [6.07, 6.45) is 12.5. The van der Waals surface area contributed by atoms with Crippen LogP contribution in [0, 0.1) is 11.3 Å². The number of imidazole rings is 1. The second-order valence-corrected chi connectivity index (χ2v) is 7.99. The molecule has 7 heteroatoms. The zero-order chi connectivity index (χ0) is 19.1. The van der Waals surface area contributed by atoms with Gasteiger partial charge in [-0.1, -0.05) is 20.3 Å². The van der Waals surface area contributed by atoms with Crippen LogP contribution >= 0.6 is 24.0 Å². The summed E-state index contributed by atoms with van der Waals surface area (Å²) in [6, 6.07) is 4.07. The lowest BCUT2D eigenvalue weighted by atomic mass is 9.64. The van der Waals surface area contributed by atoms with Crippen LogP contribution in [0.5, 0.6) is 0 Å². The van der Waals surface area contributed by atoms with E-state index in [-0.39, 0.29) is 24.0 Å². The maximum atomic E-state index is 4.79. The van der Waals surface area contributed by atoms with Crippen LogP contribution in [0.4, 0.5) is 0 Å². The first-order chi connectivity index (χ1) is 13.1. The maximum Gasteiger partial charge on any atom is 0.191 e. The molecule has 28 heavy (non-hydrogen) atoms. The van der Waals surface area contributed by atoms with Crippen molar-refractivity contribution in [1.82, 2.24) is 25.2 Å². The molecule has 1 fully saturated rings. The summed E-state index contributed by atoms with van der Waals surface area (Å²) in [6.45, 7) is 9.24. The molecule has 0 amide bonds. The van der Waals surface area contributed by atoms with Gasteiger partial charge in [0.2, 0.25) is 0 Å². The first-order valence-corrected chi connectivity index (χ1v) is 10.1. The van der Waals surface area contributed by atoms with E-state index in [2.05, 4.69) is 47.4 Å². The van der Waals surface area contributed by atoms with Crippen molar-refractivity contribution in [2.24, 2.45) is 16.3 Å². The highest BCUT2D eigenvalue weighted by Crippen LogP contribution is 2.45. The summed E-state index contributed by atoms with van der Waals surface area (Å²) < 4.78 is 1.91. The van der Waals surface area contributed by atoms with E-state index in [4.69, 9.17) is 4.99 Å². The fourth-order valence-electron chi connectivity index (χ4n) is 3.87. The first-order valence-electron chi connectivity index (χ1n) is 10.1. The molecular formula is C21H33IN6.